The highest BCUT2D eigenvalue weighted by Gasteiger charge is 2.23. The Kier molecular flexibility index (Phi) is 4.80. The number of amides is 1. The molecule has 0 saturated carbocycles. The van der Waals surface area contributed by atoms with E-state index < -0.39 is 5.54 Å². The van der Waals surface area contributed by atoms with Crippen molar-refractivity contribution in [2.24, 2.45) is 0 Å². The quantitative estimate of drug-likeness (QED) is 0.477. The Morgan fingerprint density at radius 3 is 2.33 bits per heavy atom. The van der Waals surface area contributed by atoms with Crippen molar-refractivity contribution in [1.29, 1.82) is 0 Å². The van der Waals surface area contributed by atoms with E-state index >= 15 is 0 Å². The van der Waals surface area contributed by atoms with Crippen molar-refractivity contribution in [3.8, 4) is 0 Å². The molecule has 0 aliphatic carbocycles. The summed E-state index contributed by atoms with van der Waals surface area (Å²) in [5.41, 5.74) is -0.963. The van der Waals surface area contributed by atoms with E-state index in [0.717, 1.165) is 0 Å². The van der Waals surface area contributed by atoms with Gasteiger partial charge in [-0.05, 0) is 6.92 Å². The summed E-state index contributed by atoms with van der Waals surface area (Å²) >= 11 is 0. The maximum atomic E-state index is 10.9. The van der Waals surface area contributed by atoms with E-state index in [1.807, 2.05) is 0 Å². The summed E-state index contributed by atoms with van der Waals surface area (Å²) in [4.78, 5) is 10.9. The molecule has 0 fully saturated rings. The van der Waals surface area contributed by atoms with Gasteiger partial charge in [-0.15, -0.1) is 0 Å². The maximum absolute atomic E-state index is 10.9. The van der Waals surface area contributed by atoms with E-state index in [4.69, 9.17) is 10.2 Å². The molecule has 1 amide bonds. The first-order chi connectivity index (χ1) is 5.58. The summed E-state index contributed by atoms with van der Waals surface area (Å²) in [6.45, 7) is 0.855. The van der Waals surface area contributed by atoms with Crippen LogP contribution < -0.4 is 5.32 Å². The monoisotopic (exact) mass is 177 g/mol. The van der Waals surface area contributed by atoms with Gasteiger partial charge in [-0.1, -0.05) is 0 Å². The van der Waals surface area contributed by atoms with Gasteiger partial charge < -0.3 is 20.3 Å². The molecule has 0 rings (SSSR count). The summed E-state index contributed by atoms with van der Waals surface area (Å²) in [5, 5.41) is 20.0. The molecule has 5 heteroatoms. The molecule has 5 nitrogen and oxygen atoms in total. The largest absolute Gasteiger partial charge is 0.394 e. The molecule has 0 aromatic heterocycles. The number of carbonyl (C=O) groups excluding carboxylic acids is 1. The molecule has 0 aliphatic heterocycles. The number of ether oxygens (including phenoxy) is 1. The predicted octanol–water partition coefficient (Wildman–Crippen LogP) is -1.51. The first kappa shape index (κ1) is 11.4. The zero-order valence-electron chi connectivity index (χ0n) is 7.33. The van der Waals surface area contributed by atoms with Gasteiger partial charge >= 0.3 is 0 Å². The molecule has 0 aromatic rings. The van der Waals surface area contributed by atoms with Crippen LogP contribution in [-0.2, 0) is 9.53 Å². The van der Waals surface area contributed by atoms with Crippen molar-refractivity contribution in [1.82, 2.24) is 5.32 Å². The summed E-state index contributed by atoms with van der Waals surface area (Å²) < 4.78 is 4.56. The lowest BCUT2D eigenvalue weighted by Crippen LogP contribution is -2.52. The molecule has 0 atom stereocenters. The Morgan fingerprint density at radius 2 is 2.00 bits per heavy atom. The standard InChI is InChI=1S/C7H15NO4/c1-7(4-9,5-10)8-6(11)3-12-2/h9-10H,3-5H2,1-2H3,(H,8,11). The first-order valence-electron chi connectivity index (χ1n) is 3.59. The molecule has 3 N–H and O–H groups in total. The summed E-state index contributed by atoms with van der Waals surface area (Å²) in [6.07, 6.45) is 0. The first-order valence-corrected chi connectivity index (χ1v) is 3.59. The fraction of sp³-hybridized carbons (Fsp3) is 0.857. The van der Waals surface area contributed by atoms with E-state index in [0.29, 0.717) is 0 Å². The fourth-order valence-electron chi connectivity index (χ4n) is 0.633. The molecule has 0 unspecified atom stereocenters. The Bertz CT molecular complexity index is 144. The average molecular weight is 177 g/mol. The number of methoxy groups -OCH3 is 1. The van der Waals surface area contributed by atoms with Crippen LogP contribution in [0.2, 0.25) is 0 Å². The van der Waals surface area contributed by atoms with Gasteiger partial charge in [-0.25, -0.2) is 0 Å². The van der Waals surface area contributed by atoms with E-state index in [9.17, 15) is 4.79 Å². The number of nitrogens with one attached hydrogen (secondary N) is 1. The van der Waals surface area contributed by atoms with Crippen LogP contribution in [-0.4, -0.2) is 48.6 Å². The Hall–Kier alpha value is -0.650. The van der Waals surface area contributed by atoms with Gasteiger partial charge in [-0.2, -0.15) is 0 Å². The average Bonchev–Trinajstić information content (AvgIpc) is 2.05. The Labute approximate surface area is 71.3 Å². The second-order valence-electron chi connectivity index (χ2n) is 2.86. The Morgan fingerprint density at radius 1 is 1.50 bits per heavy atom. The van der Waals surface area contributed by atoms with Crippen LogP contribution in [0.15, 0.2) is 0 Å². The Balaban J connectivity index is 3.93. The lowest BCUT2D eigenvalue weighted by atomic mass is 10.1. The third-order valence-corrected chi connectivity index (χ3v) is 1.41. The van der Waals surface area contributed by atoms with Gasteiger partial charge in [0.2, 0.25) is 5.91 Å². The summed E-state index contributed by atoms with van der Waals surface area (Å²) in [6, 6.07) is 0. The number of hydrogen-bond donors (Lipinski definition) is 3. The van der Waals surface area contributed by atoms with Gasteiger partial charge in [0.15, 0.2) is 0 Å². The smallest absolute Gasteiger partial charge is 0.246 e. The molecule has 0 bridgehead atoms. The SMILES string of the molecule is COCC(=O)NC(C)(CO)CO. The number of carbonyl (C=O) groups is 1. The molecule has 72 valence electrons. The van der Waals surface area contributed by atoms with Crippen molar-refractivity contribution in [3.63, 3.8) is 0 Å². The van der Waals surface area contributed by atoms with Gasteiger partial charge in [0.25, 0.3) is 0 Å². The molecule has 0 spiro atoms. The highest BCUT2D eigenvalue weighted by Crippen LogP contribution is 1.99. The number of hydrogen-bond acceptors (Lipinski definition) is 4. The van der Waals surface area contributed by atoms with Crippen LogP contribution in [0, 0.1) is 0 Å². The minimum Gasteiger partial charge on any atom is -0.394 e. The zero-order valence-corrected chi connectivity index (χ0v) is 7.33. The highest BCUT2D eigenvalue weighted by atomic mass is 16.5. The number of aliphatic hydroxyl groups is 2. The van der Waals surface area contributed by atoms with Crippen molar-refractivity contribution in [2.75, 3.05) is 26.9 Å². The topological polar surface area (TPSA) is 78.8 Å². The molecule has 0 aliphatic rings. The fourth-order valence-corrected chi connectivity index (χ4v) is 0.633. The molecule has 0 aromatic carbocycles. The van der Waals surface area contributed by atoms with Crippen molar-refractivity contribution in [3.05, 3.63) is 0 Å². The van der Waals surface area contributed by atoms with Gasteiger partial charge in [0.05, 0.1) is 18.8 Å². The van der Waals surface area contributed by atoms with Gasteiger partial charge in [0.1, 0.15) is 6.61 Å². The molecule has 12 heavy (non-hydrogen) atoms. The van der Waals surface area contributed by atoms with Gasteiger partial charge in [-0.3, -0.25) is 4.79 Å². The third-order valence-electron chi connectivity index (χ3n) is 1.41. The summed E-state index contributed by atoms with van der Waals surface area (Å²) in [5.74, 6) is -0.358. The minimum absolute atomic E-state index is 0.0738. The molecule has 0 radical (unpaired) electrons. The van der Waals surface area contributed by atoms with E-state index in [-0.39, 0.29) is 25.7 Å². The van der Waals surface area contributed by atoms with E-state index in [1.165, 1.54) is 7.11 Å². The van der Waals surface area contributed by atoms with Crippen molar-refractivity contribution >= 4 is 5.91 Å². The number of rotatable bonds is 5. The molecule has 0 heterocycles. The van der Waals surface area contributed by atoms with Crippen molar-refractivity contribution in [2.45, 2.75) is 12.5 Å². The van der Waals surface area contributed by atoms with Crippen LogP contribution in [0.4, 0.5) is 0 Å². The van der Waals surface area contributed by atoms with Crippen molar-refractivity contribution < 1.29 is 19.7 Å². The van der Waals surface area contributed by atoms with E-state index in [1.54, 1.807) is 6.92 Å². The van der Waals surface area contributed by atoms with Crippen LogP contribution in [0.3, 0.4) is 0 Å². The maximum Gasteiger partial charge on any atom is 0.246 e. The summed E-state index contributed by atoms with van der Waals surface area (Å²) in [7, 11) is 1.40. The second kappa shape index (κ2) is 5.08. The highest BCUT2D eigenvalue weighted by molar-refractivity contribution is 5.78. The molecule has 0 saturated heterocycles. The number of aliphatic hydroxyl groups excluding tert-OH is 2. The third kappa shape index (κ3) is 3.66. The van der Waals surface area contributed by atoms with Crippen LogP contribution in [0.1, 0.15) is 6.92 Å². The molecular weight excluding hydrogens is 162 g/mol. The predicted molar refractivity (Wildman–Crippen MR) is 42.6 cm³/mol. The normalized spacial score (nSPS) is 11.3. The van der Waals surface area contributed by atoms with Gasteiger partial charge in [0, 0.05) is 7.11 Å². The lowest BCUT2D eigenvalue weighted by molar-refractivity contribution is -0.127. The second-order valence-corrected chi connectivity index (χ2v) is 2.86. The van der Waals surface area contributed by atoms with E-state index in [2.05, 4.69) is 10.1 Å². The minimum atomic E-state index is -0.963. The zero-order chi connectivity index (χ0) is 9.61. The molecular formula is C7H15NO4. The van der Waals surface area contributed by atoms with Crippen LogP contribution >= 0.6 is 0 Å². The lowest BCUT2D eigenvalue weighted by Gasteiger charge is -2.25. The van der Waals surface area contributed by atoms with Crippen LogP contribution in [0.25, 0.3) is 0 Å². The van der Waals surface area contributed by atoms with Crippen LogP contribution in [0.5, 0.6) is 0 Å².